The van der Waals surface area contributed by atoms with Crippen molar-refractivity contribution in [2.45, 2.75) is 64.0 Å². The number of nitrogens with zero attached hydrogens (tertiary/aromatic N) is 4. The molecule has 0 bridgehead atoms. The van der Waals surface area contributed by atoms with E-state index in [0.717, 1.165) is 66.8 Å². The quantitative estimate of drug-likeness (QED) is 0.634. The molecule has 1 saturated heterocycles. The minimum atomic E-state index is -0.167. The van der Waals surface area contributed by atoms with Crippen LogP contribution in [0.5, 0.6) is 5.75 Å². The lowest BCUT2D eigenvalue weighted by Crippen LogP contribution is -3.13. The molecule has 8 nitrogen and oxygen atoms in total. The van der Waals surface area contributed by atoms with E-state index in [-0.39, 0.29) is 11.6 Å². The summed E-state index contributed by atoms with van der Waals surface area (Å²) in [5.74, 6) is 1.64. The molecular weight excluding hydrogens is 392 g/mol. The summed E-state index contributed by atoms with van der Waals surface area (Å²) in [6.45, 7) is 4.64. The number of aromatic nitrogens is 5. The van der Waals surface area contributed by atoms with Crippen LogP contribution in [0.1, 0.15) is 75.3 Å². The van der Waals surface area contributed by atoms with Crippen molar-refractivity contribution < 1.29 is 9.64 Å². The van der Waals surface area contributed by atoms with Crippen LogP contribution in [0, 0.1) is 0 Å². The van der Waals surface area contributed by atoms with Crippen molar-refractivity contribution in [3.63, 3.8) is 0 Å². The second-order valence-electron chi connectivity index (χ2n) is 8.81. The Morgan fingerprint density at radius 2 is 1.97 bits per heavy atom. The summed E-state index contributed by atoms with van der Waals surface area (Å²) in [5, 5.41) is 13.9. The predicted octanol–water partition coefficient (Wildman–Crippen LogP) is 2.19. The molecule has 1 aromatic carbocycles. The maximum Gasteiger partial charge on any atom is 0.258 e. The number of H-pyrrole nitrogens is 1. The van der Waals surface area contributed by atoms with E-state index in [9.17, 15) is 4.79 Å². The molecule has 3 aromatic rings. The number of quaternary nitrogens is 1. The van der Waals surface area contributed by atoms with Gasteiger partial charge in [-0.25, -0.2) is 4.68 Å². The van der Waals surface area contributed by atoms with Crippen molar-refractivity contribution in [1.29, 1.82) is 0 Å². The van der Waals surface area contributed by atoms with Gasteiger partial charge in [-0.1, -0.05) is 12.8 Å². The molecule has 2 N–H and O–H groups in total. The highest BCUT2D eigenvalue weighted by molar-refractivity contribution is 5.80. The lowest BCUT2D eigenvalue weighted by atomic mass is 10.00. The maximum atomic E-state index is 13.3. The average molecular weight is 424 g/mol. The van der Waals surface area contributed by atoms with Gasteiger partial charge in [-0.15, -0.1) is 5.10 Å². The molecule has 0 amide bonds. The van der Waals surface area contributed by atoms with Gasteiger partial charge in [-0.2, -0.15) is 0 Å². The number of ether oxygens (including phenoxy) is 1. The highest BCUT2D eigenvalue weighted by Crippen LogP contribution is 2.31. The zero-order chi connectivity index (χ0) is 21.2. The molecule has 31 heavy (non-hydrogen) atoms. The molecule has 0 radical (unpaired) electrons. The molecule has 8 heteroatoms. The normalized spacial score (nSPS) is 19.1. The Balaban J connectivity index is 1.63. The van der Waals surface area contributed by atoms with Crippen LogP contribution < -0.4 is 15.2 Å². The third-order valence-electron chi connectivity index (χ3n) is 6.82. The molecular formula is C23H31N6O2+. The Kier molecular flexibility index (Phi) is 5.72. The van der Waals surface area contributed by atoms with Gasteiger partial charge < -0.3 is 14.6 Å². The number of aromatic amines is 1. The third-order valence-corrected chi connectivity index (χ3v) is 6.82. The fourth-order valence-corrected chi connectivity index (χ4v) is 5.31. The molecule has 0 unspecified atom stereocenters. The summed E-state index contributed by atoms with van der Waals surface area (Å²) in [5.41, 5.74) is 1.51. The number of nitrogens with one attached hydrogen (secondary N) is 2. The Bertz CT molecular complexity index is 1090. The summed E-state index contributed by atoms with van der Waals surface area (Å²) in [6, 6.07) is 8.00. The molecule has 1 atom stereocenters. The zero-order valence-corrected chi connectivity index (χ0v) is 18.1. The summed E-state index contributed by atoms with van der Waals surface area (Å²) < 4.78 is 7.70. The topological polar surface area (TPSA) is 90.1 Å². The first-order valence-corrected chi connectivity index (χ1v) is 11.7. The van der Waals surface area contributed by atoms with E-state index in [2.05, 4.69) is 20.5 Å². The summed E-state index contributed by atoms with van der Waals surface area (Å²) in [7, 11) is 0. The predicted molar refractivity (Wildman–Crippen MR) is 117 cm³/mol. The zero-order valence-electron chi connectivity index (χ0n) is 18.1. The molecule has 1 aliphatic heterocycles. The Morgan fingerprint density at radius 1 is 1.16 bits per heavy atom. The van der Waals surface area contributed by atoms with Gasteiger partial charge in [0.2, 0.25) is 5.82 Å². The van der Waals surface area contributed by atoms with E-state index in [1.165, 1.54) is 24.2 Å². The number of hydrogen-bond acceptors (Lipinski definition) is 5. The van der Waals surface area contributed by atoms with E-state index >= 15 is 0 Å². The molecule has 3 heterocycles. The van der Waals surface area contributed by atoms with Crippen molar-refractivity contribution in [2.24, 2.45) is 0 Å². The number of fused-ring (bicyclic) bond motifs is 1. The largest absolute Gasteiger partial charge is 0.494 e. The van der Waals surface area contributed by atoms with Gasteiger partial charge in [0, 0.05) is 10.9 Å². The standard InChI is InChI=1S/C23H30N6O2/c1-2-31-18-10-11-20-16(14-18)15-19(23(30)24-20)21(28-12-6-3-7-13-28)22-25-26-27-29(22)17-8-4-5-9-17/h10-11,14-15,17,21H,2-9,12-13H2,1H3,(H,24,30)/p+1/t21-/m0/s1. The fraction of sp³-hybridized carbons (Fsp3) is 0.565. The minimum Gasteiger partial charge on any atom is -0.494 e. The number of likely N-dealkylation sites (tertiary alicyclic amines) is 1. The van der Waals surface area contributed by atoms with E-state index in [1.807, 2.05) is 35.9 Å². The Labute approximate surface area is 181 Å². The summed E-state index contributed by atoms with van der Waals surface area (Å²) in [4.78, 5) is 17.8. The lowest BCUT2D eigenvalue weighted by Gasteiger charge is -2.31. The molecule has 2 aliphatic rings. The second kappa shape index (κ2) is 8.78. The first kappa shape index (κ1) is 20.2. The van der Waals surface area contributed by atoms with Gasteiger partial charge in [0.05, 0.1) is 31.3 Å². The number of pyridine rings is 1. The molecule has 164 valence electrons. The van der Waals surface area contributed by atoms with Crippen molar-refractivity contribution in [3.05, 3.63) is 46.0 Å². The van der Waals surface area contributed by atoms with E-state index < -0.39 is 0 Å². The van der Waals surface area contributed by atoms with E-state index in [0.29, 0.717) is 12.6 Å². The number of hydrogen-bond donors (Lipinski definition) is 2. The maximum absolute atomic E-state index is 13.3. The number of tetrazole rings is 1. The van der Waals surface area contributed by atoms with Crippen molar-refractivity contribution in [1.82, 2.24) is 25.2 Å². The Hall–Kier alpha value is -2.74. The first-order valence-electron chi connectivity index (χ1n) is 11.7. The van der Waals surface area contributed by atoms with Gasteiger partial charge in [-0.3, -0.25) is 4.79 Å². The van der Waals surface area contributed by atoms with E-state index in [4.69, 9.17) is 4.74 Å². The van der Waals surface area contributed by atoms with Crippen LogP contribution in [0.4, 0.5) is 0 Å². The van der Waals surface area contributed by atoms with Crippen LogP contribution >= 0.6 is 0 Å². The summed E-state index contributed by atoms with van der Waals surface area (Å²) >= 11 is 0. The summed E-state index contributed by atoms with van der Waals surface area (Å²) in [6.07, 6.45) is 8.20. The Morgan fingerprint density at radius 3 is 2.74 bits per heavy atom. The molecule has 0 spiro atoms. The van der Waals surface area contributed by atoms with E-state index in [1.54, 1.807) is 0 Å². The number of piperidine rings is 1. The highest BCUT2D eigenvalue weighted by Gasteiger charge is 2.36. The highest BCUT2D eigenvalue weighted by atomic mass is 16.5. The van der Waals surface area contributed by atoms with Crippen LogP contribution in [-0.4, -0.2) is 44.9 Å². The number of rotatable bonds is 6. The smallest absolute Gasteiger partial charge is 0.258 e. The van der Waals surface area contributed by atoms with Gasteiger partial charge >= 0.3 is 0 Å². The van der Waals surface area contributed by atoms with Crippen LogP contribution in [0.25, 0.3) is 10.9 Å². The fourth-order valence-electron chi connectivity index (χ4n) is 5.31. The van der Waals surface area contributed by atoms with Crippen LogP contribution in [-0.2, 0) is 0 Å². The second-order valence-corrected chi connectivity index (χ2v) is 8.81. The first-order chi connectivity index (χ1) is 15.2. The monoisotopic (exact) mass is 423 g/mol. The average Bonchev–Trinajstić information content (AvgIpc) is 3.48. The SMILES string of the molecule is CCOc1ccc2[nH]c(=O)c([C@@H](c3nnnn3C3CCCC3)[NH+]3CCCCC3)cc2c1. The third kappa shape index (κ3) is 3.96. The molecule has 1 saturated carbocycles. The minimum absolute atomic E-state index is 0.0549. The lowest BCUT2D eigenvalue weighted by molar-refractivity contribution is -0.931. The van der Waals surface area contributed by atoms with Crippen molar-refractivity contribution in [3.8, 4) is 5.75 Å². The van der Waals surface area contributed by atoms with Gasteiger partial charge in [-0.05, 0) is 73.7 Å². The van der Waals surface area contributed by atoms with Crippen molar-refractivity contribution >= 4 is 10.9 Å². The molecule has 2 aromatic heterocycles. The molecule has 2 fully saturated rings. The van der Waals surface area contributed by atoms with Crippen LogP contribution in [0.15, 0.2) is 29.1 Å². The molecule has 1 aliphatic carbocycles. The van der Waals surface area contributed by atoms with Gasteiger partial charge in [0.15, 0.2) is 6.04 Å². The van der Waals surface area contributed by atoms with Crippen LogP contribution in [0.2, 0.25) is 0 Å². The molecule has 5 rings (SSSR count). The number of benzene rings is 1. The van der Waals surface area contributed by atoms with Crippen LogP contribution in [0.3, 0.4) is 0 Å². The van der Waals surface area contributed by atoms with Crippen molar-refractivity contribution in [2.75, 3.05) is 19.7 Å². The van der Waals surface area contributed by atoms with Gasteiger partial charge in [0.1, 0.15) is 5.75 Å². The van der Waals surface area contributed by atoms with Gasteiger partial charge in [0.25, 0.3) is 5.56 Å².